The molecule has 1 saturated carbocycles. The second kappa shape index (κ2) is 8.14. The van der Waals surface area contributed by atoms with E-state index < -0.39 is 0 Å². The van der Waals surface area contributed by atoms with Crippen molar-refractivity contribution in [1.82, 2.24) is 0 Å². The fourth-order valence-corrected chi connectivity index (χ4v) is 2.99. The van der Waals surface area contributed by atoms with E-state index >= 15 is 0 Å². The molecule has 1 unspecified atom stereocenters. The van der Waals surface area contributed by atoms with E-state index in [0.717, 1.165) is 17.8 Å². The molecule has 0 heteroatoms. The molecule has 0 bridgehead atoms. The van der Waals surface area contributed by atoms with Crippen LogP contribution in [-0.2, 0) is 0 Å². The molecule has 1 rings (SSSR count). The highest BCUT2D eigenvalue weighted by Gasteiger charge is 2.14. The van der Waals surface area contributed by atoms with Crippen molar-refractivity contribution in [3.05, 3.63) is 0 Å². The lowest BCUT2D eigenvalue weighted by atomic mass is 9.93. The van der Waals surface area contributed by atoms with Crippen molar-refractivity contribution < 1.29 is 0 Å². The minimum absolute atomic E-state index is 0.890. The van der Waals surface area contributed by atoms with Gasteiger partial charge in [0.05, 0.1) is 0 Å². The van der Waals surface area contributed by atoms with E-state index in [1.807, 2.05) is 0 Å². The average Bonchev–Trinajstić information content (AvgIpc) is 2.74. The first kappa shape index (κ1) is 14.1. The highest BCUT2D eigenvalue weighted by molar-refractivity contribution is 4.67. The van der Waals surface area contributed by atoms with E-state index in [1.54, 1.807) is 0 Å². The molecule has 0 aromatic carbocycles. The van der Waals surface area contributed by atoms with Gasteiger partial charge in [-0.1, -0.05) is 85.0 Å². The van der Waals surface area contributed by atoms with Crippen LogP contribution < -0.4 is 0 Å². The van der Waals surface area contributed by atoms with Crippen LogP contribution >= 0.6 is 0 Å². The van der Waals surface area contributed by atoms with Gasteiger partial charge in [0.25, 0.3) is 0 Å². The zero-order valence-electron chi connectivity index (χ0n) is 11.8. The molecule has 1 fully saturated rings. The quantitative estimate of drug-likeness (QED) is 0.456. The normalized spacial score (nSPS) is 19.5. The van der Waals surface area contributed by atoms with Gasteiger partial charge in [-0.3, -0.25) is 0 Å². The summed E-state index contributed by atoms with van der Waals surface area (Å²) >= 11 is 0. The molecule has 1 aliphatic carbocycles. The van der Waals surface area contributed by atoms with Gasteiger partial charge in [-0.15, -0.1) is 0 Å². The highest BCUT2D eigenvalue weighted by Crippen LogP contribution is 2.29. The predicted octanol–water partition coefficient (Wildman–Crippen LogP) is 5.81. The molecule has 0 aromatic heterocycles. The van der Waals surface area contributed by atoms with Crippen molar-refractivity contribution in [2.24, 2.45) is 17.8 Å². The number of rotatable bonds is 8. The highest BCUT2D eigenvalue weighted by atomic mass is 14.2. The van der Waals surface area contributed by atoms with E-state index in [2.05, 4.69) is 20.8 Å². The summed E-state index contributed by atoms with van der Waals surface area (Å²) in [5.41, 5.74) is 0. The van der Waals surface area contributed by atoms with Gasteiger partial charge in [-0.25, -0.2) is 0 Å². The molecule has 0 radical (unpaired) electrons. The van der Waals surface area contributed by atoms with Gasteiger partial charge in [-0.05, 0) is 17.8 Å². The first-order valence-corrected chi connectivity index (χ1v) is 7.68. The summed E-state index contributed by atoms with van der Waals surface area (Å²) in [6, 6.07) is 0. The Balaban J connectivity index is 1.89. The second-order valence-electron chi connectivity index (χ2n) is 6.51. The summed E-state index contributed by atoms with van der Waals surface area (Å²) in [6.07, 6.45) is 14.9. The van der Waals surface area contributed by atoms with Crippen LogP contribution in [0, 0.1) is 17.8 Å². The zero-order valence-corrected chi connectivity index (χ0v) is 11.8. The Hall–Kier alpha value is 0. The van der Waals surface area contributed by atoms with Crippen LogP contribution in [0.2, 0.25) is 0 Å². The molecule has 0 heterocycles. The smallest absolute Gasteiger partial charge is 0.0414 e. The molecule has 1 atom stereocenters. The molecule has 1 aliphatic rings. The lowest BCUT2D eigenvalue weighted by Crippen LogP contribution is -1.99. The van der Waals surface area contributed by atoms with E-state index in [4.69, 9.17) is 0 Å². The molecular formula is C16H32. The van der Waals surface area contributed by atoms with Crippen molar-refractivity contribution in [3.63, 3.8) is 0 Å². The van der Waals surface area contributed by atoms with Crippen LogP contribution in [0.25, 0.3) is 0 Å². The van der Waals surface area contributed by atoms with Gasteiger partial charge in [-0.2, -0.15) is 0 Å². The third-order valence-electron chi connectivity index (χ3n) is 4.27. The van der Waals surface area contributed by atoms with Crippen molar-refractivity contribution in [3.8, 4) is 0 Å². The molecule has 0 aliphatic heterocycles. The summed E-state index contributed by atoms with van der Waals surface area (Å²) < 4.78 is 0. The maximum absolute atomic E-state index is 2.44. The molecule has 0 saturated heterocycles. The summed E-state index contributed by atoms with van der Waals surface area (Å²) in [5.74, 6) is 2.96. The molecule has 0 aromatic rings. The van der Waals surface area contributed by atoms with Crippen molar-refractivity contribution >= 4 is 0 Å². The monoisotopic (exact) mass is 224 g/mol. The molecule has 0 N–H and O–H groups in total. The van der Waals surface area contributed by atoms with Crippen molar-refractivity contribution in [2.75, 3.05) is 0 Å². The molecular weight excluding hydrogens is 192 g/mol. The summed E-state index contributed by atoms with van der Waals surface area (Å²) in [5, 5.41) is 0. The summed E-state index contributed by atoms with van der Waals surface area (Å²) in [4.78, 5) is 0. The topological polar surface area (TPSA) is 0 Å². The van der Waals surface area contributed by atoms with Crippen LogP contribution in [0.5, 0.6) is 0 Å². The Morgan fingerprint density at radius 2 is 1.56 bits per heavy atom. The van der Waals surface area contributed by atoms with Crippen LogP contribution in [0.4, 0.5) is 0 Å². The van der Waals surface area contributed by atoms with E-state index in [0.29, 0.717) is 0 Å². The van der Waals surface area contributed by atoms with E-state index in [-0.39, 0.29) is 0 Å². The van der Waals surface area contributed by atoms with Gasteiger partial charge >= 0.3 is 0 Å². The Morgan fingerprint density at radius 3 is 2.19 bits per heavy atom. The van der Waals surface area contributed by atoms with Gasteiger partial charge in [0, 0.05) is 0 Å². The average molecular weight is 224 g/mol. The zero-order chi connectivity index (χ0) is 11.8. The van der Waals surface area contributed by atoms with Crippen LogP contribution in [0.1, 0.15) is 85.0 Å². The Bertz CT molecular complexity index is 153. The maximum atomic E-state index is 2.44. The van der Waals surface area contributed by atoms with Crippen LogP contribution in [0.3, 0.4) is 0 Å². The summed E-state index contributed by atoms with van der Waals surface area (Å²) in [6.45, 7) is 7.12. The van der Waals surface area contributed by atoms with Crippen molar-refractivity contribution in [2.45, 2.75) is 85.0 Å². The van der Waals surface area contributed by atoms with E-state index in [1.165, 1.54) is 64.2 Å². The second-order valence-corrected chi connectivity index (χ2v) is 6.51. The first-order valence-electron chi connectivity index (χ1n) is 7.68. The fourth-order valence-electron chi connectivity index (χ4n) is 2.99. The Morgan fingerprint density at radius 1 is 0.875 bits per heavy atom. The first-order chi connectivity index (χ1) is 7.68. The number of hydrogen-bond acceptors (Lipinski definition) is 0. The number of hydrogen-bond donors (Lipinski definition) is 0. The molecule has 96 valence electrons. The molecule has 0 spiro atoms. The van der Waals surface area contributed by atoms with Gasteiger partial charge in [0.1, 0.15) is 0 Å². The minimum Gasteiger partial charge on any atom is -0.0628 e. The third kappa shape index (κ3) is 6.55. The number of unbranched alkanes of at least 4 members (excludes halogenated alkanes) is 1. The van der Waals surface area contributed by atoms with Crippen molar-refractivity contribution in [1.29, 1.82) is 0 Å². The Labute approximate surface area is 103 Å². The lowest BCUT2D eigenvalue weighted by molar-refractivity contribution is 0.396. The van der Waals surface area contributed by atoms with Gasteiger partial charge in [0.15, 0.2) is 0 Å². The molecule has 0 amide bonds. The SMILES string of the molecule is CC(C)CCC(C)CCCCC1CCCC1. The lowest BCUT2D eigenvalue weighted by Gasteiger charge is -2.13. The van der Waals surface area contributed by atoms with Crippen LogP contribution in [0.15, 0.2) is 0 Å². The summed E-state index contributed by atoms with van der Waals surface area (Å²) in [7, 11) is 0. The van der Waals surface area contributed by atoms with E-state index in [9.17, 15) is 0 Å². The predicted molar refractivity (Wildman–Crippen MR) is 73.7 cm³/mol. The third-order valence-corrected chi connectivity index (χ3v) is 4.27. The maximum Gasteiger partial charge on any atom is -0.0414 e. The van der Waals surface area contributed by atoms with Gasteiger partial charge < -0.3 is 0 Å². The fraction of sp³-hybridized carbons (Fsp3) is 1.00. The molecule has 0 nitrogen and oxygen atoms in total. The van der Waals surface area contributed by atoms with Gasteiger partial charge in [0.2, 0.25) is 0 Å². The Kier molecular flexibility index (Phi) is 7.16. The van der Waals surface area contributed by atoms with Crippen LogP contribution in [-0.4, -0.2) is 0 Å². The minimum atomic E-state index is 0.890. The molecule has 16 heavy (non-hydrogen) atoms. The largest absolute Gasteiger partial charge is 0.0628 e. The standard InChI is InChI=1S/C16H32/c1-14(2)12-13-15(3)8-4-5-9-16-10-6-7-11-16/h14-16H,4-13H2,1-3H3.